The van der Waals surface area contributed by atoms with Gasteiger partial charge in [0, 0.05) is 11.5 Å². The Labute approximate surface area is 124 Å². The normalized spacial score (nSPS) is 10.7. The van der Waals surface area contributed by atoms with Crippen molar-refractivity contribution >= 4 is 44.8 Å². The highest BCUT2D eigenvalue weighted by atomic mass is 79.9. The van der Waals surface area contributed by atoms with Crippen LogP contribution in [0, 0.1) is 6.92 Å². The highest BCUT2D eigenvalue weighted by molar-refractivity contribution is 9.10. The summed E-state index contributed by atoms with van der Waals surface area (Å²) in [5, 5.41) is 8.88. The van der Waals surface area contributed by atoms with Crippen molar-refractivity contribution in [2.75, 3.05) is 5.32 Å². The second-order valence-electron chi connectivity index (χ2n) is 3.95. The van der Waals surface area contributed by atoms with E-state index in [0.717, 1.165) is 21.5 Å². The molecule has 2 aromatic rings. The van der Waals surface area contributed by atoms with Crippen LogP contribution in [0.25, 0.3) is 0 Å². The number of hydrogen-bond donors (Lipinski definition) is 1. The number of anilines is 1. The highest BCUT2D eigenvalue weighted by Crippen LogP contribution is 2.27. The third-order valence-electron chi connectivity index (χ3n) is 2.64. The average molecular weight is 349 g/mol. The number of rotatable bonds is 3. The predicted molar refractivity (Wildman–Crippen MR) is 79.4 cm³/mol. The van der Waals surface area contributed by atoms with Crippen LogP contribution in [0.15, 0.2) is 22.7 Å². The van der Waals surface area contributed by atoms with Crippen molar-refractivity contribution < 1.29 is 0 Å². The van der Waals surface area contributed by atoms with E-state index in [4.69, 9.17) is 23.2 Å². The molecule has 0 aliphatic carbocycles. The predicted octanol–water partition coefficient (Wildman–Crippen LogP) is 4.41. The van der Waals surface area contributed by atoms with Gasteiger partial charge in [0.2, 0.25) is 0 Å². The minimum atomic E-state index is 0.581. The SMILES string of the molecule is Cc1nn(C)c(CNc2ccc(Br)cc2Cl)c1Cl. The average Bonchev–Trinajstić information content (AvgIpc) is 2.53. The van der Waals surface area contributed by atoms with Gasteiger partial charge in [-0.3, -0.25) is 4.68 Å². The van der Waals surface area contributed by atoms with Gasteiger partial charge in [0.15, 0.2) is 0 Å². The summed E-state index contributed by atoms with van der Waals surface area (Å²) in [6.07, 6.45) is 0. The lowest BCUT2D eigenvalue weighted by molar-refractivity contribution is 0.713. The molecular formula is C12H12BrCl2N3. The number of nitrogens with zero attached hydrogens (tertiary/aromatic N) is 2. The zero-order valence-electron chi connectivity index (χ0n) is 9.97. The van der Waals surface area contributed by atoms with E-state index in [-0.39, 0.29) is 0 Å². The van der Waals surface area contributed by atoms with Gasteiger partial charge in [-0.1, -0.05) is 39.1 Å². The van der Waals surface area contributed by atoms with Gasteiger partial charge in [-0.15, -0.1) is 0 Å². The van der Waals surface area contributed by atoms with Crippen molar-refractivity contribution in [2.24, 2.45) is 7.05 Å². The molecule has 0 atom stereocenters. The van der Waals surface area contributed by atoms with Gasteiger partial charge in [-0.2, -0.15) is 5.10 Å². The molecule has 0 spiro atoms. The molecule has 2 rings (SSSR count). The molecule has 18 heavy (non-hydrogen) atoms. The highest BCUT2D eigenvalue weighted by Gasteiger charge is 2.11. The molecule has 0 saturated carbocycles. The van der Waals surface area contributed by atoms with Crippen LogP contribution in [-0.4, -0.2) is 9.78 Å². The fourth-order valence-electron chi connectivity index (χ4n) is 1.68. The van der Waals surface area contributed by atoms with E-state index in [9.17, 15) is 0 Å². The zero-order chi connectivity index (χ0) is 13.3. The Morgan fingerprint density at radius 2 is 2.11 bits per heavy atom. The lowest BCUT2D eigenvalue weighted by Gasteiger charge is -2.09. The molecule has 96 valence electrons. The summed E-state index contributed by atoms with van der Waals surface area (Å²) in [7, 11) is 1.87. The maximum Gasteiger partial charge on any atom is 0.0865 e. The van der Waals surface area contributed by atoms with Crippen molar-refractivity contribution in [2.45, 2.75) is 13.5 Å². The van der Waals surface area contributed by atoms with Crippen LogP contribution in [0.5, 0.6) is 0 Å². The van der Waals surface area contributed by atoms with E-state index in [2.05, 4.69) is 26.3 Å². The first kappa shape index (κ1) is 13.7. The van der Waals surface area contributed by atoms with Crippen molar-refractivity contribution in [1.82, 2.24) is 9.78 Å². The molecule has 1 aromatic carbocycles. The molecule has 0 aliphatic heterocycles. The Morgan fingerprint density at radius 1 is 1.39 bits per heavy atom. The van der Waals surface area contributed by atoms with Gasteiger partial charge in [0.25, 0.3) is 0 Å². The quantitative estimate of drug-likeness (QED) is 0.890. The van der Waals surface area contributed by atoms with E-state index in [0.29, 0.717) is 16.6 Å². The van der Waals surface area contributed by atoms with Crippen molar-refractivity contribution in [3.8, 4) is 0 Å². The van der Waals surface area contributed by atoms with Crippen LogP contribution in [0.4, 0.5) is 5.69 Å². The second-order valence-corrected chi connectivity index (χ2v) is 5.65. The fraction of sp³-hybridized carbons (Fsp3) is 0.250. The van der Waals surface area contributed by atoms with Gasteiger partial charge >= 0.3 is 0 Å². The smallest absolute Gasteiger partial charge is 0.0865 e. The second kappa shape index (κ2) is 5.51. The van der Waals surface area contributed by atoms with Gasteiger partial charge in [0.1, 0.15) is 0 Å². The molecule has 0 bridgehead atoms. The number of aryl methyl sites for hydroxylation is 2. The van der Waals surface area contributed by atoms with Crippen LogP contribution in [-0.2, 0) is 13.6 Å². The third kappa shape index (κ3) is 2.82. The minimum Gasteiger partial charge on any atom is -0.378 e. The number of aromatic nitrogens is 2. The number of nitrogens with one attached hydrogen (secondary N) is 1. The van der Waals surface area contributed by atoms with Gasteiger partial charge in [-0.25, -0.2) is 0 Å². The summed E-state index contributed by atoms with van der Waals surface area (Å²) in [5.74, 6) is 0. The molecule has 0 amide bonds. The Balaban J connectivity index is 2.16. The standard InChI is InChI=1S/C12H12BrCl2N3/c1-7-12(15)11(18(2)17-7)6-16-10-4-3-8(13)5-9(10)14/h3-5,16H,6H2,1-2H3. The van der Waals surface area contributed by atoms with Crippen LogP contribution in [0.2, 0.25) is 10.0 Å². The van der Waals surface area contributed by atoms with Crippen LogP contribution < -0.4 is 5.32 Å². The topological polar surface area (TPSA) is 29.9 Å². The number of hydrogen-bond acceptors (Lipinski definition) is 2. The molecule has 0 unspecified atom stereocenters. The van der Waals surface area contributed by atoms with E-state index in [1.165, 1.54) is 0 Å². The molecule has 6 heteroatoms. The lowest BCUT2D eigenvalue weighted by Crippen LogP contribution is -2.06. The Bertz CT molecular complexity index is 581. The first-order chi connectivity index (χ1) is 8.49. The molecule has 1 heterocycles. The molecule has 1 N–H and O–H groups in total. The first-order valence-electron chi connectivity index (χ1n) is 5.36. The summed E-state index contributed by atoms with van der Waals surface area (Å²) in [6, 6.07) is 5.70. The van der Waals surface area contributed by atoms with Crippen molar-refractivity contribution in [3.63, 3.8) is 0 Å². The summed E-state index contributed by atoms with van der Waals surface area (Å²) in [4.78, 5) is 0. The molecule has 1 aromatic heterocycles. The number of benzene rings is 1. The largest absolute Gasteiger partial charge is 0.378 e. The van der Waals surface area contributed by atoms with E-state index in [1.807, 2.05) is 32.2 Å². The van der Waals surface area contributed by atoms with Gasteiger partial charge in [-0.05, 0) is 25.1 Å². The molecule has 0 radical (unpaired) electrons. The van der Waals surface area contributed by atoms with Crippen LogP contribution in [0.3, 0.4) is 0 Å². The number of halogens is 3. The Kier molecular flexibility index (Phi) is 4.20. The van der Waals surface area contributed by atoms with Crippen molar-refractivity contribution in [1.29, 1.82) is 0 Å². The monoisotopic (exact) mass is 347 g/mol. The first-order valence-corrected chi connectivity index (χ1v) is 6.91. The van der Waals surface area contributed by atoms with E-state index in [1.54, 1.807) is 4.68 Å². The fourth-order valence-corrected chi connectivity index (χ4v) is 2.65. The van der Waals surface area contributed by atoms with Crippen LogP contribution >= 0.6 is 39.1 Å². The Morgan fingerprint density at radius 3 is 2.67 bits per heavy atom. The Hall–Kier alpha value is -0.710. The van der Waals surface area contributed by atoms with E-state index >= 15 is 0 Å². The molecule has 0 fully saturated rings. The van der Waals surface area contributed by atoms with Gasteiger partial charge < -0.3 is 5.32 Å². The van der Waals surface area contributed by atoms with Crippen molar-refractivity contribution in [3.05, 3.63) is 44.1 Å². The zero-order valence-corrected chi connectivity index (χ0v) is 13.1. The lowest BCUT2D eigenvalue weighted by atomic mass is 10.3. The maximum absolute atomic E-state index is 6.18. The third-order valence-corrected chi connectivity index (χ3v) is 3.94. The summed E-state index contributed by atoms with van der Waals surface area (Å²) >= 11 is 15.7. The summed E-state index contributed by atoms with van der Waals surface area (Å²) in [6.45, 7) is 2.47. The molecule has 3 nitrogen and oxygen atoms in total. The maximum atomic E-state index is 6.18. The summed E-state index contributed by atoms with van der Waals surface area (Å²) in [5.41, 5.74) is 2.64. The van der Waals surface area contributed by atoms with E-state index < -0.39 is 0 Å². The van der Waals surface area contributed by atoms with Crippen LogP contribution in [0.1, 0.15) is 11.4 Å². The minimum absolute atomic E-state index is 0.581. The molecular weight excluding hydrogens is 337 g/mol. The van der Waals surface area contributed by atoms with Gasteiger partial charge in [0.05, 0.1) is 33.7 Å². The molecule has 0 aliphatic rings. The summed E-state index contributed by atoms with van der Waals surface area (Å²) < 4.78 is 2.73. The molecule has 0 saturated heterocycles.